The molecule has 0 aromatic rings. The first-order chi connectivity index (χ1) is 12.9. The molecule has 9 nitrogen and oxygen atoms in total. The van der Waals surface area contributed by atoms with Gasteiger partial charge in [0.2, 0.25) is 0 Å². The Kier molecular flexibility index (Phi) is 7.01. The van der Waals surface area contributed by atoms with Crippen LogP contribution in [0.1, 0.15) is 48.0 Å². The zero-order chi connectivity index (χ0) is 20.9. The van der Waals surface area contributed by atoms with Crippen molar-refractivity contribution in [3.8, 4) is 0 Å². The maximum atomic E-state index is 12.3. The van der Waals surface area contributed by atoms with Gasteiger partial charge in [-0.25, -0.2) is 9.59 Å². The van der Waals surface area contributed by atoms with E-state index in [4.69, 9.17) is 9.47 Å². The summed E-state index contributed by atoms with van der Waals surface area (Å²) >= 11 is 0. The number of nitrogens with one attached hydrogen (secondary N) is 2. The third-order valence-electron chi connectivity index (χ3n) is 4.16. The molecule has 160 valence electrons. The van der Waals surface area contributed by atoms with Gasteiger partial charge in [-0.05, 0) is 48.0 Å². The van der Waals surface area contributed by atoms with Gasteiger partial charge in [-0.15, -0.1) is 0 Å². The Morgan fingerprint density at radius 1 is 1.07 bits per heavy atom. The number of rotatable bonds is 4. The predicted molar refractivity (Wildman–Crippen MR) is 107 cm³/mol. The first kappa shape index (κ1) is 22.1. The topological polar surface area (TPSA) is 95.5 Å². The Morgan fingerprint density at radius 2 is 1.75 bits per heavy atom. The van der Waals surface area contributed by atoms with E-state index in [2.05, 4.69) is 20.5 Å². The minimum absolute atomic E-state index is 0.184. The molecule has 1 unspecified atom stereocenters. The van der Waals surface area contributed by atoms with Crippen molar-refractivity contribution in [3.05, 3.63) is 0 Å². The van der Waals surface area contributed by atoms with Crippen LogP contribution in [0.15, 0.2) is 4.99 Å². The third kappa shape index (κ3) is 7.09. The van der Waals surface area contributed by atoms with E-state index in [1.54, 1.807) is 4.90 Å². The van der Waals surface area contributed by atoms with Crippen molar-refractivity contribution in [2.24, 2.45) is 4.99 Å². The average Bonchev–Trinajstić information content (AvgIpc) is 2.93. The van der Waals surface area contributed by atoms with Gasteiger partial charge in [0.1, 0.15) is 11.2 Å². The van der Waals surface area contributed by atoms with Gasteiger partial charge in [0.05, 0.1) is 12.6 Å². The molecule has 1 saturated heterocycles. The Labute approximate surface area is 167 Å². The van der Waals surface area contributed by atoms with Crippen LogP contribution in [-0.2, 0) is 9.47 Å². The van der Waals surface area contributed by atoms with Gasteiger partial charge >= 0.3 is 12.2 Å². The molecule has 0 saturated carbocycles. The Hall–Kier alpha value is -2.19. The summed E-state index contributed by atoms with van der Waals surface area (Å²) in [6, 6.07) is 0.184. The van der Waals surface area contributed by atoms with Crippen molar-refractivity contribution in [3.63, 3.8) is 0 Å². The van der Waals surface area contributed by atoms with Crippen LogP contribution in [0, 0.1) is 0 Å². The zero-order valence-electron chi connectivity index (χ0n) is 18.0. The van der Waals surface area contributed by atoms with Crippen LogP contribution in [0.3, 0.4) is 0 Å². The van der Waals surface area contributed by atoms with Crippen molar-refractivity contribution < 1.29 is 19.1 Å². The molecule has 1 atom stereocenters. The molecule has 1 fully saturated rings. The van der Waals surface area contributed by atoms with Gasteiger partial charge < -0.3 is 29.9 Å². The van der Waals surface area contributed by atoms with Crippen molar-refractivity contribution in [2.75, 3.05) is 39.3 Å². The maximum Gasteiger partial charge on any atom is 0.410 e. The molecule has 0 radical (unpaired) electrons. The van der Waals surface area contributed by atoms with Crippen LogP contribution in [0.5, 0.6) is 0 Å². The van der Waals surface area contributed by atoms with Gasteiger partial charge in [-0.3, -0.25) is 4.99 Å². The molecule has 0 bridgehead atoms. The van der Waals surface area contributed by atoms with Gasteiger partial charge in [-0.2, -0.15) is 0 Å². The first-order valence-electron chi connectivity index (χ1n) is 9.94. The number of fused-ring (bicyclic) bond motifs is 1. The molecule has 0 aromatic carbocycles. The summed E-state index contributed by atoms with van der Waals surface area (Å²) in [5.41, 5.74) is -0.974. The number of alkyl carbamates (subject to hydrolysis) is 1. The summed E-state index contributed by atoms with van der Waals surface area (Å²) in [5, 5.41) is 6.08. The number of nitrogens with zero attached hydrogens (tertiary/aromatic N) is 3. The molecular formula is C19H35N5O4. The zero-order valence-corrected chi connectivity index (χ0v) is 18.0. The number of hydrogen-bond donors (Lipinski definition) is 2. The molecule has 2 rings (SSSR count). The standard InChI is InChI=1S/C19H35N5O4/c1-18(2,3)27-16(25)21-9-7-8-20-15-22-12-14-13-23(10-11-24(14)15)17(26)28-19(4,5)6/h14H,7-13H2,1-6H3,(H,20,22)(H,21,25). The number of piperazine rings is 1. The molecule has 2 N–H and O–H groups in total. The fourth-order valence-electron chi connectivity index (χ4n) is 3.02. The van der Waals surface area contributed by atoms with Crippen LogP contribution < -0.4 is 10.6 Å². The van der Waals surface area contributed by atoms with Gasteiger partial charge in [0.15, 0.2) is 5.96 Å². The lowest BCUT2D eigenvalue weighted by atomic mass is 10.2. The van der Waals surface area contributed by atoms with Gasteiger partial charge in [-0.1, -0.05) is 0 Å². The summed E-state index contributed by atoms with van der Waals surface area (Å²) in [6.45, 7) is 15.0. The van der Waals surface area contributed by atoms with Crippen molar-refractivity contribution >= 4 is 18.1 Å². The number of amides is 2. The van der Waals surface area contributed by atoms with Crippen LogP contribution in [0.4, 0.5) is 9.59 Å². The summed E-state index contributed by atoms with van der Waals surface area (Å²) in [5.74, 6) is 0.867. The molecule has 28 heavy (non-hydrogen) atoms. The average molecular weight is 398 g/mol. The number of carbonyl (C=O) groups is 2. The van der Waals surface area contributed by atoms with Gasteiger partial charge in [0, 0.05) is 32.7 Å². The summed E-state index contributed by atoms with van der Waals surface area (Å²) in [4.78, 5) is 32.4. The highest BCUT2D eigenvalue weighted by Gasteiger charge is 2.36. The highest BCUT2D eigenvalue weighted by Crippen LogP contribution is 2.18. The Morgan fingerprint density at radius 3 is 2.39 bits per heavy atom. The van der Waals surface area contributed by atoms with Gasteiger partial charge in [0.25, 0.3) is 0 Å². The minimum Gasteiger partial charge on any atom is -0.444 e. The normalized spacial score (nSPS) is 19.6. The second-order valence-corrected chi connectivity index (χ2v) is 9.15. The minimum atomic E-state index is -0.489. The first-order valence-corrected chi connectivity index (χ1v) is 9.94. The van der Waals surface area contributed by atoms with E-state index in [-0.39, 0.29) is 12.1 Å². The molecule has 2 aliphatic rings. The Bertz CT molecular complexity index is 594. The molecule has 2 heterocycles. The highest BCUT2D eigenvalue weighted by atomic mass is 16.6. The lowest BCUT2D eigenvalue weighted by Gasteiger charge is -2.39. The number of hydrogen-bond acceptors (Lipinski definition) is 7. The molecular weight excluding hydrogens is 362 g/mol. The fourth-order valence-corrected chi connectivity index (χ4v) is 3.02. The second-order valence-electron chi connectivity index (χ2n) is 9.15. The number of ether oxygens (including phenoxy) is 2. The molecule has 2 aliphatic heterocycles. The van der Waals surface area contributed by atoms with E-state index in [0.717, 1.165) is 18.9 Å². The SMILES string of the molecule is CC(C)(C)OC(=O)NCCCNC1=NCC2CN(C(=O)OC(C)(C)C)CCN12. The molecule has 0 aliphatic carbocycles. The van der Waals surface area contributed by atoms with Crippen molar-refractivity contribution in [2.45, 2.75) is 65.2 Å². The third-order valence-corrected chi connectivity index (χ3v) is 4.16. The smallest absolute Gasteiger partial charge is 0.410 e. The number of guanidine groups is 1. The second kappa shape index (κ2) is 8.87. The number of aliphatic imine (C=N–C) groups is 1. The van der Waals surface area contributed by atoms with Crippen LogP contribution in [-0.4, -0.2) is 84.5 Å². The lowest BCUT2D eigenvalue weighted by Crippen LogP contribution is -2.57. The van der Waals surface area contributed by atoms with E-state index >= 15 is 0 Å². The van der Waals surface area contributed by atoms with E-state index in [1.807, 2.05) is 41.5 Å². The highest BCUT2D eigenvalue weighted by molar-refractivity contribution is 5.82. The Balaban J connectivity index is 1.66. The molecule has 2 amide bonds. The molecule has 0 aromatic heterocycles. The quantitative estimate of drug-likeness (QED) is 0.702. The van der Waals surface area contributed by atoms with E-state index in [9.17, 15) is 9.59 Å². The van der Waals surface area contributed by atoms with Crippen LogP contribution in [0.2, 0.25) is 0 Å². The molecule has 0 spiro atoms. The summed E-state index contributed by atoms with van der Waals surface area (Å²) < 4.78 is 10.7. The largest absolute Gasteiger partial charge is 0.444 e. The van der Waals surface area contributed by atoms with E-state index in [0.29, 0.717) is 32.7 Å². The fraction of sp³-hybridized carbons (Fsp3) is 0.842. The number of carbonyl (C=O) groups excluding carboxylic acids is 2. The van der Waals surface area contributed by atoms with Crippen LogP contribution in [0.25, 0.3) is 0 Å². The van der Waals surface area contributed by atoms with E-state index < -0.39 is 17.3 Å². The van der Waals surface area contributed by atoms with E-state index in [1.165, 1.54) is 0 Å². The summed E-state index contributed by atoms with van der Waals surface area (Å²) in [7, 11) is 0. The predicted octanol–water partition coefficient (Wildman–Crippen LogP) is 1.78. The van der Waals surface area contributed by atoms with Crippen LogP contribution >= 0.6 is 0 Å². The maximum absolute atomic E-state index is 12.3. The van der Waals surface area contributed by atoms with Crippen molar-refractivity contribution in [1.29, 1.82) is 0 Å². The molecule has 9 heteroatoms. The lowest BCUT2D eigenvalue weighted by molar-refractivity contribution is 0.0137. The summed E-state index contributed by atoms with van der Waals surface area (Å²) in [6.07, 6.45) is 0.103. The van der Waals surface area contributed by atoms with Crippen molar-refractivity contribution in [1.82, 2.24) is 20.4 Å². The monoisotopic (exact) mass is 397 g/mol.